The normalized spacial score (nSPS) is 11.7. The third kappa shape index (κ3) is 7.19. The molecule has 0 fully saturated rings. The largest absolute Gasteiger partial charge is 0.524 e. The van der Waals surface area contributed by atoms with Gasteiger partial charge in [0.05, 0.1) is 42.5 Å². The van der Waals surface area contributed by atoms with E-state index in [1.165, 1.54) is 18.2 Å². The van der Waals surface area contributed by atoms with Gasteiger partial charge in [0, 0.05) is 17.4 Å². The Hall–Kier alpha value is -3.37. The van der Waals surface area contributed by atoms with Crippen molar-refractivity contribution in [1.29, 1.82) is 0 Å². The number of benzene rings is 2. The number of isothiocyanates is 1. The molecule has 0 atom stereocenters. The Bertz CT molecular complexity index is 1580. The fraction of sp³-hybridized carbons (Fsp3) is 0.346. The molecule has 2 aromatic carbocycles. The van der Waals surface area contributed by atoms with Gasteiger partial charge in [0.1, 0.15) is 22.8 Å². The van der Waals surface area contributed by atoms with Crippen molar-refractivity contribution in [3.05, 3.63) is 53.3 Å². The molecule has 2 aromatic heterocycles. The molecule has 0 saturated heterocycles. The number of unbranched alkanes of at least 4 members (excludes halogenated alkanes) is 1. The summed E-state index contributed by atoms with van der Waals surface area (Å²) in [7, 11) is -4.83. The number of aliphatic imine (C=N–C) groups is 1. The monoisotopic (exact) mass is 571 g/mol. The smallest absolute Gasteiger partial charge is 0.508 e. The van der Waals surface area contributed by atoms with Gasteiger partial charge in [-0.1, -0.05) is 25.5 Å². The highest BCUT2D eigenvalue weighted by Crippen LogP contribution is 2.41. The van der Waals surface area contributed by atoms with Crippen molar-refractivity contribution in [1.82, 2.24) is 14.5 Å². The molecule has 13 heteroatoms. The molecule has 2 heterocycles. The Labute approximate surface area is 230 Å². The van der Waals surface area contributed by atoms with E-state index in [1.807, 2.05) is 22.8 Å². The number of thiocarbonyl (C=S) groups is 1. The van der Waals surface area contributed by atoms with Crippen molar-refractivity contribution in [3.63, 3.8) is 0 Å². The lowest BCUT2D eigenvalue weighted by Gasteiger charge is -2.16. The summed E-state index contributed by atoms with van der Waals surface area (Å²) in [6.45, 7) is 3.66. The van der Waals surface area contributed by atoms with Crippen molar-refractivity contribution in [2.75, 3.05) is 25.5 Å². The molecule has 0 spiro atoms. The number of nitrogens with zero attached hydrogens (tertiary/aromatic N) is 4. The van der Waals surface area contributed by atoms with Crippen molar-refractivity contribution in [2.24, 2.45) is 4.99 Å². The number of phenolic OH excluding ortho intramolecular Hbond substituents is 1. The van der Waals surface area contributed by atoms with Crippen LogP contribution in [0.5, 0.6) is 11.5 Å². The van der Waals surface area contributed by atoms with Crippen LogP contribution in [0, 0.1) is 0 Å². The second-order valence-corrected chi connectivity index (χ2v) is 10.3. The molecule has 0 saturated carbocycles. The van der Waals surface area contributed by atoms with Crippen LogP contribution in [0.3, 0.4) is 0 Å². The molecule has 4 rings (SSSR count). The van der Waals surface area contributed by atoms with Crippen LogP contribution in [0.4, 0.5) is 5.82 Å². The maximum atomic E-state index is 11.6. The number of hydrogen-bond acceptors (Lipinski definition) is 9. The fourth-order valence-corrected chi connectivity index (χ4v) is 4.91. The number of aromatic nitrogens is 3. The van der Waals surface area contributed by atoms with Crippen LogP contribution in [0.15, 0.2) is 41.4 Å². The SMILES string of the molecule is CCCCc1nc2c(N)nc3cc(CCOCCN=C=S)ccc3c2n1Cc1cc(O)ccc1OP(=O)(O)O. The Morgan fingerprint density at radius 1 is 1.15 bits per heavy atom. The second-order valence-electron chi connectivity index (χ2n) is 8.97. The Morgan fingerprint density at radius 2 is 1.97 bits per heavy atom. The van der Waals surface area contributed by atoms with Crippen LogP contribution in [-0.2, 0) is 28.7 Å². The number of pyridine rings is 1. The van der Waals surface area contributed by atoms with E-state index in [0.29, 0.717) is 49.2 Å². The van der Waals surface area contributed by atoms with Crippen molar-refractivity contribution < 1.29 is 28.7 Å². The van der Waals surface area contributed by atoms with Crippen LogP contribution in [0.25, 0.3) is 21.9 Å². The third-order valence-electron chi connectivity index (χ3n) is 6.14. The maximum Gasteiger partial charge on any atom is 0.524 e. The van der Waals surface area contributed by atoms with Crippen LogP contribution in [-0.4, -0.2) is 54.3 Å². The first-order valence-electron chi connectivity index (χ1n) is 12.5. The lowest BCUT2D eigenvalue weighted by molar-refractivity contribution is 0.145. The molecule has 39 heavy (non-hydrogen) atoms. The van der Waals surface area contributed by atoms with Crippen LogP contribution >= 0.6 is 20.0 Å². The molecule has 0 radical (unpaired) electrons. The number of anilines is 1. The first-order chi connectivity index (χ1) is 18.7. The summed E-state index contributed by atoms with van der Waals surface area (Å²) in [5, 5.41) is 13.3. The van der Waals surface area contributed by atoms with Gasteiger partial charge in [-0.05, 0) is 54.9 Å². The Kier molecular flexibility index (Phi) is 9.29. The third-order valence-corrected chi connectivity index (χ3v) is 6.70. The zero-order valence-corrected chi connectivity index (χ0v) is 23.1. The topological polar surface area (TPSA) is 165 Å². The first kappa shape index (κ1) is 28.6. The van der Waals surface area contributed by atoms with Gasteiger partial charge in [-0.15, -0.1) is 0 Å². The molecule has 0 aliphatic heterocycles. The number of nitrogens with two attached hydrogens (primary N) is 1. The molecule has 0 aliphatic carbocycles. The second kappa shape index (κ2) is 12.7. The number of phosphoric acid groups is 1. The minimum atomic E-state index is -4.83. The van der Waals surface area contributed by atoms with Crippen LogP contribution in [0.2, 0.25) is 0 Å². The molecule has 0 bridgehead atoms. The van der Waals surface area contributed by atoms with E-state index in [4.69, 9.17) is 20.0 Å². The van der Waals surface area contributed by atoms with Gasteiger partial charge in [0.2, 0.25) is 0 Å². The number of aromatic hydroxyl groups is 1. The fourth-order valence-electron chi connectivity index (χ4n) is 4.38. The molecule has 206 valence electrons. The van der Waals surface area contributed by atoms with Crippen LogP contribution in [0.1, 0.15) is 36.7 Å². The minimum absolute atomic E-state index is 0.0330. The highest BCUT2D eigenvalue weighted by molar-refractivity contribution is 7.78. The van der Waals surface area contributed by atoms with E-state index >= 15 is 0 Å². The van der Waals surface area contributed by atoms with Gasteiger partial charge in [-0.3, -0.25) is 9.79 Å². The molecule has 0 aliphatic rings. The quantitative estimate of drug-likeness (QED) is 0.0782. The molecule has 11 nitrogen and oxygen atoms in total. The van der Waals surface area contributed by atoms with Gasteiger partial charge >= 0.3 is 7.82 Å². The molecular weight excluding hydrogens is 541 g/mol. The summed E-state index contributed by atoms with van der Waals surface area (Å²) in [5.41, 5.74) is 9.76. The number of hydrogen-bond donors (Lipinski definition) is 4. The summed E-state index contributed by atoms with van der Waals surface area (Å²) in [6, 6.07) is 9.99. The molecule has 0 unspecified atom stereocenters. The highest BCUT2D eigenvalue weighted by atomic mass is 32.1. The lowest BCUT2D eigenvalue weighted by atomic mass is 10.1. The van der Waals surface area contributed by atoms with Crippen LogP contribution < -0.4 is 10.3 Å². The van der Waals surface area contributed by atoms with E-state index < -0.39 is 7.82 Å². The minimum Gasteiger partial charge on any atom is -0.508 e. The summed E-state index contributed by atoms with van der Waals surface area (Å²) in [5.74, 6) is 0.932. The Balaban J connectivity index is 1.77. The Morgan fingerprint density at radius 3 is 2.72 bits per heavy atom. The van der Waals surface area contributed by atoms with Gasteiger partial charge in [-0.25, -0.2) is 19.5 Å². The van der Waals surface area contributed by atoms with Crippen molar-refractivity contribution in [3.8, 4) is 11.5 Å². The van der Waals surface area contributed by atoms with E-state index in [9.17, 15) is 19.5 Å². The first-order valence-corrected chi connectivity index (χ1v) is 14.4. The van der Waals surface area contributed by atoms with Gasteiger partial charge in [0.25, 0.3) is 0 Å². The molecule has 4 aromatic rings. The van der Waals surface area contributed by atoms with Gasteiger partial charge in [0.15, 0.2) is 5.82 Å². The average molecular weight is 572 g/mol. The number of aryl methyl sites for hydroxylation is 1. The maximum absolute atomic E-state index is 11.6. The number of nitrogen functional groups attached to an aromatic ring is 1. The predicted molar refractivity (Wildman–Crippen MR) is 152 cm³/mol. The van der Waals surface area contributed by atoms with Gasteiger partial charge < -0.3 is 24.7 Å². The number of fused-ring (bicyclic) bond motifs is 3. The van der Waals surface area contributed by atoms with E-state index in [2.05, 4.69) is 34.3 Å². The summed E-state index contributed by atoms with van der Waals surface area (Å²) < 4.78 is 24.1. The highest BCUT2D eigenvalue weighted by Gasteiger charge is 2.22. The standard InChI is InChI=1S/C26H30N5O6PS/c1-2-3-4-23-30-24-25(31(23)15-18-14-19(32)6-8-22(18)37-38(33,34)35)20-7-5-17(13-21(20)29-26(24)27)9-11-36-12-10-28-16-39/h5-8,13-14,32H,2-4,9-12,15H2,1H3,(H2,27,29)(H2,33,34,35). The number of rotatable bonds is 13. The summed E-state index contributed by atoms with van der Waals surface area (Å²) in [6.07, 6.45) is 3.15. The van der Waals surface area contributed by atoms with E-state index in [1.54, 1.807) is 0 Å². The number of imidazole rings is 1. The number of phosphoric ester groups is 1. The number of phenols is 1. The zero-order chi connectivity index (χ0) is 28.0. The zero-order valence-electron chi connectivity index (χ0n) is 21.4. The summed E-state index contributed by atoms with van der Waals surface area (Å²) in [4.78, 5) is 32.1. The summed E-state index contributed by atoms with van der Waals surface area (Å²) >= 11 is 4.55. The van der Waals surface area contributed by atoms with Crippen molar-refractivity contribution >= 4 is 53.0 Å². The van der Waals surface area contributed by atoms with E-state index in [-0.39, 0.29) is 23.9 Å². The number of ether oxygens (including phenoxy) is 1. The van der Waals surface area contributed by atoms with Gasteiger partial charge in [-0.2, -0.15) is 0 Å². The predicted octanol–water partition coefficient (Wildman–Crippen LogP) is 4.40. The molecule has 0 amide bonds. The lowest BCUT2D eigenvalue weighted by Crippen LogP contribution is -2.08. The molecule has 5 N–H and O–H groups in total. The average Bonchev–Trinajstić information content (AvgIpc) is 3.24. The van der Waals surface area contributed by atoms with Crippen molar-refractivity contribution in [2.45, 2.75) is 39.2 Å². The molecular formula is C26H30N5O6PS. The van der Waals surface area contributed by atoms with E-state index in [0.717, 1.165) is 35.1 Å².